The predicted molar refractivity (Wildman–Crippen MR) is 69.7 cm³/mol. The van der Waals surface area contributed by atoms with Gasteiger partial charge in [-0.2, -0.15) is 5.26 Å². The lowest BCUT2D eigenvalue weighted by Crippen LogP contribution is -2.45. The molecule has 0 aliphatic rings. The average Bonchev–Trinajstić information content (AvgIpc) is 2.36. The Kier molecular flexibility index (Phi) is 5.34. The summed E-state index contributed by atoms with van der Waals surface area (Å²) in [7, 11) is 0. The molecule has 0 aliphatic carbocycles. The summed E-state index contributed by atoms with van der Waals surface area (Å²) in [6.07, 6.45) is 0.0414. The summed E-state index contributed by atoms with van der Waals surface area (Å²) in [5, 5.41) is 20.3. The molecular weight excluding hydrogens is 268 g/mol. The number of carbonyl (C=O) groups is 2. The predicted octanol–water partition coefficient (Wildman–Crippen LogP) is 2.07. The molecule has 0 saturated carbocycles. The average molecular weight is 281 g/mol. The molecule has 2 N–H and O–H groups in total. The monoisotopic (exact) mass is 280 g/mol. The van der Waals surface area contributed by atoms with Crippen LogP contribution in [0.2, 0.25) is 5.02 Å². The lowest BCUT2D eigenvalue weighted by atomic mass is 9.98. The van der Waals surface area contributed by atoms with Gasteiger partial charge in [-0.15, -0.1) is 0 Å². The molecule has 2 atom stereocenters. The molecule has 0 spiro atoms. The Morgan fingerprint density at radius 3 is 2.63 bits per heavy atom. The van der Waals surface area contributed by atoms with E-state index >= 15 is 0 Å². The Morgan fingerprint density at radius 2 is 2.11 bits per heavy atom. The van der Waals surface area contributed by atoms with Crippen molar-refractivity contribution in [3.63, 3.8) is 0 Å². The topological polar surface area (TPSA) is 90.2 Å². The second kappa shape index (κ2) is 6.76. The van der Waals surface area contributed by atoms with Crippen molar-refractivity contribution in [1.29, 1.82) is 5.26 Å². The van der Waals surface area contributed by atoms with Gasteiger partial charge in [0, 0.05) is 12.3 Å². The van der Waals surface area contributed by atoms with Crippen molar-refractivity contribution < 1.29 is 14.7 Å². The smallest absolute Gasteiger partial charge is 0.326 e. The molecule has 1 rings (SSSR count). The van der Waals surface area contributed by atoms with Crippen molar-refractivity contribution in [2.45, 2.75) is 19.4 Å². The number of benzene rings is 1. The first-order valence-corrected chi connectivity index (χ1v) is 6.00. The van der Waals surface area contributed by atoms with E-state index in [1.54, 1.807) is 25.1 Å². The molecule has 0 unspecified atom stereocenters. The summed E-state index contributed by atoms with van der Waals surface area (Å²) in [5.74, 6) is -2.24. The molecule has 1 aromatic carbocycles. The number of nitriles is 1. The highest BCUT2D eigenvalue weighted by Crippen LogP contribution is 2.16. The highest BCUT2D eigenvalue weighted by atomic mass is 35.5. The van der Waals surface area contributed by atoms with Gasteiger partial charge in [-0.05, 0) is 12.1 Å². The maximum absolute atomic E-state index is 11.9. The van der Waals surface area contributed by atoms with E-state index in [2.05, 4.69) is 5.32 Å². The molecule has 0 aliphatic heterocycles. The molecule has 0 saturated heterocycles. The number of amides is 1. The molecule has 1 aromatic rings. The van der Waals surface area contributed by atoms with Crippen LogP contribution in [0.15, 0.2) is 24.3 Å². The molecule has 0 heterocycles. The maximum atomic E-state index is 11.9. The van der Waals surface area contributed by atoms with Gasteiger partial charge in [0.15, 0.2) is 0 Å². The van der Waals surface area contributed by atoms with E-state index < -0.39 is 23.8 Å². The lowest BCUT2D eigenvalue weighted by molar-refractivity contribution is -0.140. The summed E-state index contributed by atoms with van der Waals surface area (Å²) in [5.41, 5.74) is 0.208. The Hall–Kier alpha value is -2.06. The van der Waals surface area contributed by atoms with Crippen molar-refractivity contribution in [2.24, 2.45) is 5.92 Å². The molecule has 0 fully saturated rings. The van der Waals surface area contributed by atoms with E-state index in [4.69, 9.17) is 22.0 Å². The molecule has 100 valence electrons. The van der Waals surface area contributed by atoms with Gasteiger partial charge in [0.25, 0.3) is 5.91 Å². The molecule has 6 heteroatoms. The minimum absolute atomic E-state index is 0.0414. The minimum Gasteiger partial charge on any atom is -0.480 e. The summed E-state index contributed by atoms with van der Waals surface area (Å²) in [4.78, 5) is 23.1. The van der Waals surface area contributed by atoms with Gasteiger partial charge in [0.1, 0.15) is 6.04 Å². The van der Waals surface area contributed by atoms with E-state index in [1.165, 1.54) is 6.07 Å². The van der Waals surface area contributed by atoms with Gasteiger partial charge in [-0.3, -0.25) is 4.79 Å². The van der Waals surface area contributed by atoms with Crippen LogP contribution in [-0.2, 0) is 4.79 Å². The quantitative estimate of drug-likeness (QED) is 0.864. The van der Waals surface area contributed by atoms with Crippen LogP contribution in [0.5, 0.6) is 0 Å². The van der Waals surface area contributed by atoms with Crippen LogP contribution in [0, 0.1) is 17.2 Å². The van der Waals surface area contributed by atoms with Gasteiger partial charge in [0.05, 0.1) is 16.7 Å². The SMILES string of the molecule is C[C@@H](CC#N)[C@@H](NC(=O)c1ccccc1Cl)C(=O)O. The fourth-order valence-corrected chi connectivity index (χ4v) is 1.80. The summed E-state index contributed by atoms with van der Waals surface area (Å²) >= 11 is 5.86. The highest BCUT2D eigenvalue weighted by molar-refractivity contribution is 6.33. The van der Waals surface area contributed by atoms with E-state index in [1.807, 2.05) is 6.07 Å². The first kappa shape index (κ1) is 15.0. The van der Waals surface area contributed by atoms with Crippen molar-refractivity contribution >= 4 is 23.5 Å². The molecule has 0 radical (unpaired) electrons. The Labute approximate surface area is 115 Å². The van der Waals surface area contributed by atoms with E-state index in [-0.39, 0.29) is 17.0 Å². The van der Waals surface area contributed by atoms with Crippen LogP contribution < -0.4 is 5.32 Å². The molecule has 19 heavy (non-hydrogen) atoms. The third-order valence-corrected chi connectivity index (χ3v) is 2.98. The standard InChI is InChI=1S/C13H13ClN2O3/c1-8(6-7-15)11(13(18)19)16-12(17)9-4-2-3-5-10(9)14/h2-5,8,11H,6H2,1H3,(H,16,17)(H,18,19)/t8-,11+/m0/s1. The van der Waals surface area contributed by atoms with Gasteiger partial charge < -0.3 is 10.4 Å². The van der Waals surface area contributed by atoms with Crippen LogP contribution in [-0.4, -0.2) is 23.0 Å². The molecule has 0 aromatic heterocycles. The van der Waals surface area contributed by atoms with Crippen molar-refractivity contribution in [1.82, 2.24) is 5.32 Å². The van der Waals surface area contributed by atoms with E-state index in [0.29, 0.717) is 0 Å². The van der Waals surface area contributed by atoms with Crippen LogP contribution in [0.1, 0.15) is 23.7 Å². The van der Waals surface area contributed by atoms with Crippen molar-refractivity contribution in [3.05, 3.63) is 34.9 Å². The lowest BCUT2D eigenvalue weighted by Gasteiger charge is -2.19. The zero-order valence-corrected chi connectivity index (χ0v) is 11.0. The maximum Gasteiger partial charge on any atom is 0.326 e. The number of halogens is 1. The third-order valence-electron chi connectivity index (χ3n) is 2.65. The number of carbonyl (C=O) groups excluding carboxylic acids is 1. The van der Waals surface area contributed by atoms with Crippen LogP contribution in [0.25, 0.3) is 0 Å². The first-order chi connectivity index (χ1) is 8.97. The number of rotatable bonds is 5. The zero-order valence-electron chi connectivity index (χ0n) is 10.3. The molecule has 0 bridgehead atoms. The van der Waals surface area contributed by atoms with E-state index in [9.17, 15) is 9.59 Å². The molecular formula is C13H13ClN2O3. The van der Waals surface area contributed by atoms with Gasteiger partial charge >= 0.3 is 5.97 Å². The Morgan fingerprint density at radius 1 is 1.47 bits per heavy atom. The summed E-state index contributed by atoms with van der Waals surface area (Å²) in [6.45, 7) is 1.59. The van der Waals surface area contributed by atoms with Crippen molar-refractivity contribution in [2.75, 3.05) is 0 Å². The third kappa shape index (κ3) is 3.97. The van der Waals surface area contributed by atoms with Crippen LogP contribution >= 0.6 is 11.6 Å². The number of carboxylic acids is 1. The van der Waals surface area contributed by atoms with Gasteiger partial charge in [-0.1, -0.05) is 30.7 Å². The first-order valence-electron chi connectivity index (χ1n) is 5.62. The van der Waals surface area contributed by atoms with E-state index in [0.717, 1.165) is 0 Å². The summed E-state index contributed by atoms with van der Waals surface area (Å²) in [6, 6.07) is 7.12. The number of nitrogens with zero attached hydrogens (tertiary/aromatic N) is 1. The largest absolute Gasteiger partial charge is 0.480 e. The fraction of sp³-hybridized carbons (Fsp3) is 0.308. The van der Waals surface area contributed by atoms with Crippen LogP contribution in [0.3, 0.4) is 0 Å². The number of hydrogen-bond acceptors (Lipinski definition) is 3. The van der Waals surface area contributed by atoms with Gasteiger partial charge in [-0.25, -0.2) is 4.79 Å². The number of hydrogen-bond donors (Lipinski definition) is 2. The van der Waals surface area contributed by atoms with Gasteiger partial charge in [0.2, 0.25) is 0 Å². The Bertz CT molecular complexity index is 525. The number of carboxylic acid groups (broad SMARTS) is 1. The number of nitrogens with one attached hydrogen (secondary N) is 1. The zero-order chi connectivity index (χ0) is 14.4. The normalized spacial score (nSPS) is 13.1. The van der Waals surface area contributed by atoms with Crippen LogP contribution in [0.4, 0.5) is 0 Å². The second-order valence-electron chi connectivity index (χ2n) is 4.11. The second-order valence-corrected chi connectivity index (χ2v) is 4.52. The summed E-state index contributed by atoms with van der Waals surface area (Å²) < 4.78 is 0. The fourth-order valence-electron chi connectivity index (χ4n) is 1.57. The highest BCUT2D eigenvalue weighted by Gasteiger charge is 2.27. The number of aliphatic carboxylic acids is 1. The Balaban J connectivity index is 2.87. The molecule has 5 nitrogen and oxygen atoms in total. The molecule has 1 amide bonds. The minimum atomic E-state index is -1.18. The van der Waals surface area contributed by atoms with Crippen molar-refractivity contribution in [3.8, 4) is 6.07 Å².